The van der Waals surface area contributed by atoms with Gasteiger partial charge in [-0.25, -0.2) is 14.0 Å². The molecule has 0 aromatic heterocycles. The van der Waals surface area contributed by atoms with Gasteiger partial charge >= 0.3 is 12.2 Å². The molecular weight excluding hydrogens is 321 g/mol. The van der Waals surface area contributed by atoms with Gasteiger partial charge in [0.1, 0.15) is 23.3 Å². The van der Waals surface area contributed by atoms with Crippen LogP contribution in [0.4, 0.5) is 19.7 Å². The van der Waals surface area contributed by atoms with Crippen molar-refractivity contribution in [2.75, 3.05) is 18.8 Å². The van der Waals surface area contributed by atoms with Crippen molar-refractivity contribution < 1.29 is 28.6 Å². The van der Waals surface area contributed by atoms with E-state index in [2.05, 4.69) is 10.6 Å². The number of benzene rings is 1. The fourth-order valence-corrected chi connectivity index (χ4v) is 1.66. The molecule has 134 valence electrons. The summed E-state index contributed by atoms with van der Waals surface area (Å²) in [5.74, 6) is -0.498. The van der Waals surface area contributed by atoms with Crippen LogP contribution in [0.2, 0.25) is 0 Å². The number of hydrogen-bond donors (Lipinski definition) is 4. The van der Waals surface area contributed by atoms with E-state index in [1.165, 1.54) is 12.1 Å². The number of rotatable bonds is 6. The van der Waals surface area contributed by atoms with Gasteiger partial charge in [-0.3, -0.25) is 0 Å². The number of anilines is 1. The maximum atomic E-state index is 13.3. The molecule has 1 atom stereocenters. The standard InChI is InChI=1S/C15H22FN3O5/c1-15(2,3)24-14(22)19-8-10(7-18-13(20)21)23-12-6-9(16)4-5-11(12)17/h4-6,10,18H,7-8,17H2,1-3H3,(H,19,22)(H,20,21). The Morgan fingerprint density at radius 2 is 1.92 bits per heavy atom. The van der Waals surface area contributed by atoms with Crippen LogP contribution >= 0.6 is 0 Å². The first-order valence-electron chi connectivity index (χ1n) is 7.22. The van der Waals surface area contributed by atoms with Crippen molar-refractivity contribution in [1.29, 1.82) is 0 Å². The van der Waals surface area contributed by atoms with Gasteiger partial charge in [0.15, 0.2) is 0 Å². The zero-order valence-electron chi connectivity index (χ0n) is 13.8. The molecule has 1 unspecified atom stereocenters. The molecule has 1 rings (SSSR count). The van der Waals surface area contributed by atoms with Crippen molar-refractivity contribution in [1.82, 2.24) is 10.6 Å². The summed E-state index contributed by atoms with van der Waals surface area (Å²) in [6.45, 7) is 4.92. The Bertz CT molecular complexity index is 589. The van der Waals surface area contributed by atoms with Crippen LogP contribution in [0.3, 0.4) is 0 Å². The second-order valence-electron chi connectivity index (χ2n) is 5.99. The average molecular weight is 343 g/mol. The molecule has 8 nitrogen and oxygen atoms in total. The SMILES string of the molecule is CC(C)(C)OC(=O)NCC(CNC(=O)O)Oc1cc(F)ccc1N. The molecular formula is C15H22FN3O5. The summed E-state index contributed by atoms with van der Waals surface area (Å²) in [5, 5.41) is 13.3. The molecule has 1 aromatic carbocycles. The lowest BCUT2D eigenvalue weighted by molar-refractivity contribution is 0.0501. The van der Waals surface area contributed by atoms with Crippen LogP contribution in [0.25, 0.3) is 0 Å². The van der Waals surface area contributed by atoms with E-state index in [0.717, 1.165) is 6.07 Å². The molecule has 0 heterocycles. The predicted octanol–water partition coefficient (Wildman–Crippen LogP) is 1.95. The minimum Gasteiger partial charge on any atom is -0.484 e. The van der Waals surface area contributed by atoms with Gasteiger partial charge < -0.3 is 30.9 Å². The van der Waals surface area contributed by atoms with Crippen LogP contribution in [-0.4, -0.2) is 42.1 Å². The average Bonchev–Trinajstić information content (AvgIpc) is 2.43. The van der Waals surface area contributed by atoms with Gasteiger partial charge in [-0.15, -0.1) is 0 Å². The fraction of sp³-hybridized carbons (Fsp3) is 0.467. The third-order valence-corrected chi connectivity index (χ3v) is 2.62. The molecule has 0 aliphatic rings. The summed E-state index contributed by atoms with van der Waals surface area (Å²) in [4.78, 5) is 22.3. The fourth-order valence-electron chi connectivity index (χ4n) is 1.66. The van der Waals surface area contributed by atoms with Crippen molar-refractivity contribution >= 4 is 17.9 Å². The van der Waals surface area contributed by atoms with Crippen molar-refractivity contribution in [3.8, 4) is 5.75 Å². The third kappa shape index (κ3) is 7.52. The Labute approximate surface area is 139 Å². The van der Waals surface area contributed by atoms with Crippen LogP contribution in [0, 0.1) is 5.82 Å². The summed E-state index contributed by atoms with van der Waals surface area (Å²) >= 11 is 0. The molecule has 0 aliphatic carbocycles. The van der Waals surface area contributed by atoms with Crippen LogP contribution < -0.4 is 21.1 Å². The smallest absolute Gasteiger partial charge is 0.407 e. The van der Waals surface area contributed by atoms with Crippen LogP contribution in [0.1, 0.15) is 20.8 Å². The zero-order valence-corrected chi connectivity index (χ0v) is 13.8. The summed E-state index contributed by atoms with van der Waals surface area (Å²) in [6.07, 6.45) is -2.75. The quantitative estimate of drug-likeness (QED) is 0.586. The zero-order chi connectivity index (χ0) is 18.3. The van der Waals surface area contributed by atoms with Gasteiger partial charge in [0.05, 0.1) is 18.8 Å². The molecule has 0 aliphatic heterocycles. The first-order valence-corrected chi connectivity index (χ1v) is 7.22. The maximum Gasteiger partial charge on any atom is 0.407 e. The van der Waals surface area contributed by atoms with Crippen molar-refractivity contribution in [3.05, 3.63) is 24.0 Å². The molecule has 0 bridgehead atoms. The number of nitrogens with one attached hydrogen (secondary N) is 2. The molecule has 5 N–H and O–H groups in total. The lowest BCUT2D eigenvalue weighted by Crippen LogP contribution is -2.44. The highest BCUT2D eigenvalue weighted by atomic mass is 19.1. The Morgan fingerprint density at radius 1 is 1.29 bits per heavy atom. The minimum absolute atomic E-state index is 0.0539. The third-order valence-electron chi connectivity index (χ3n) is 2.62. The number of ether oxygens (including phenoxy) is 2. The highest BCUT2D eigenvalue weighted by Gasteiger charge is 2.19. The Morgan fingerprint density at radius 3 is 2.50 bits per heavy atom. The van der Waals surface area contributed by atoms with E-state index in [0.29, 0.717) is 0 Å². The molecule has 0 radical (unpaired) electrons. The summed E-state index contributed by atoms with van der Waals surface area (Å²) in [7, 11) is 0. The summed E-state index contributed by atoms with van der Waals surface area (Å²) in [6, 6.07) is 3.58. The number of nitrogens with two attached hydrogens (primary N) is 1. The van der Waals surface area contributed by atoms with Crippen molar-refractivity contribution in [2.24, 2.45) is 0 Å². The predicted molar refractivity (Wildman–Crippen MR) is 85.5 cm³/mol. The van der Waals surface area contributed by atoms with E-state index in [1.807, 2.05) is 0 Å². The molecule has 9 heteroatoms. The first kappa shape index (κ1) is 19.3. The van der Waals surface area contributed by atoms with E-state index in [4.69, 9.17) is 20.3 Å². The number of carboxylic acid groups (broad SMARTS) is 1. The molecule has 0 saturated carbocycles. The number of hydrogen-bond acceptors (Lipinski definition) is 5. The summed E-state index contributed by atoms with van der Waals surface area (Å²) < 4.78 is 23.9. The highest BCUT2D eigenvalue weighted by molar-refractivity contribution is 5.67. The number of amides is 2. The number of halogens is 1. The van der Waals surface area contributed by atoms with E-state index >= 15 is 0 Å². The van der Waals surface area contributed by atoms with Gasteiger partial charge in [0, 0.05) is 6.07 Å². The largest absolute Gasteiger partial charge is 0.484 e. The Hall–Kier alpha value is -2.71. The number of nitrogen functional groups attached to an aromatic ring is 1. The molecule has 2 amide bonds. The van der Waals surface area contributed by atoms with Gasteiger partial charge in [-0.05, 0) is 32.9 Å². The van der Waals surface area contributed by atoms with Crippen LogP contribution in [-0.2, 0) is 4.74 Å². The van der Waals surface area contributed by atoms with Gasteiger partial charge in [-0.1, -0.05) is 0 Å². The lowest BCUT2D eigenvalue weighted by Gasteiger charge is -2.23. The van der Waals surface area contributed by atoms with Gasteiger partial charge in [0.2, 0.25) is 0 Å². The molecule has 0 fully saturated rings. The van der Waals surface area contributed by atoms with Crippen LogP contribution in [0.5, 0.6) is 5.75 Å². The second-order valence-corrected chi connectivity index (χ2v) is 5.99. The molecule has 1 aromatic rings. The first-order chi connectivity index (χ1) is 11.1. The Balaban J connectivity index is 2.71. The number of alkyl carbamates (subject to hydrolysis) is 1. The van der Waals surface area contributed by atoms with Gasteiger partial charge in [0.25, 0.3) is 0 Å². The molecule has 0 saturated heterocycles. The van der Waals surface area contributed by atoms with E-state index in [9.17, 15) is 14.0 Å². The summed E-state index contributed by atoms with van der Waals surface area (Å²) in [5.41, 5.74) is 5.21. The van der Waals surface area contributed by atoms with Crippen molar-refractivity contribution in [2.45, 2.75) is 32.5 Å². The highest BCUT2D eigenvalue weighted by Crippen LogP contribution is 2.23. The topological polar surface area (TPSA) is 123 Å². The van der Waals surface area contributed by atoms with Crippen LogP contribution in [0.15, 0.2) is 18.2 Å². The Kier molecular flexibility index (Phi) is 6.63. The van der Waals surface area contributed by atoms with Gasteiger partial charge in [-0.2, -0.15) is 0 Å². The maximum absolute atomic E-state index is 13.3. The second kappa shape index (κ2) is 8.23. The minimum atomic E-state index is -1.26. The molecule has 24 heavy (non-hydrogen) atoms. The monoisotopic (exact) mass is 343 g/mol. The number of carbonyl (C=O) groups excluding carboxylic acids is 1. The van der Waals surface area contributed by atoms with E-state index < -0.39 is 29.7 Å². The molecule has 0 spiro atoms. The van der Waals surface area contributed by atoms with E-state index in [1.54, 1.807) is 20.8 Å². The number of carbonyl (C=O) groups is 2. The normalized spacial score (nSPS) is 12.2. The van der Waals surface area contributed by atoms with E-state index in [-0.39, 0.29) is 24.5 Å². The van der Waals surface area contributed by atoms with Crippen molar-refractivity contribution in [3.63, 3.8) is 0 Å². The lowest BCUT2D eigenvalue weighted by atomic mass is 10.2.